The molecule has 0 radical (unpaired) electrons. The first kappa shape index (κ1) is 22.7. The van der Waals surface area contributed by atoms with Gasteiger partial charge in [0.25, 0.3) is 10.0 Å². The molecule has 172 valence electrons. The average molecular weight is 458 g/mol. The van der Waals surface area contributed by atoms with Gasteiger partial charge < -0.3 is 4.74 Å². The van der Waals surface area contributed by atoms with E-state index in [4.69, 9.17) is 4.74 Å². The van der Waals surface area contributed by atoms with Crippen molar-refractivity contribution < 1.29 is 17.9 Å². The highest BCUT2D eigenvalue weighted by atomic mass is 32.2. The molecule has 2 heterocycles. The van der Waals surface area contributed by atoms with Crippen molar-refractivity contribution in [1.82, 2.24) is 9.62 Å². The molecule has 8 heteroatoms. The second-order valence-electron chi connectivity index (χ2n) is 8.40. The molecule has 1 unspecified atom stereocenters. The Balaban J connectivity index is 1.34. The molecule has 1 aliphatic carbocycles. The summed E-state index contributed by atoms with van der Waals surface area (Å²) in [7, 11) is -3.49. The number of esters is 1. The Morgan fingerprint density at radius 2 is 1.88 bits per heavy atom. The van der Waals surface area contributed by atoms with E-state index >= 15 is 0 Å². The summed E-state index contributed by atoms with van der Waals surface area (Å²) in [5, 5.41) is 0. The van der Waals surface area contributed by atoms with Gasteiger partial charge >= 0.3 is 5.97 Å². The summed E-state index contributed by atoms with van der Waals surface area (Å²) in [6.07, 6.45) is 10.1. The molecule has 1 atom stereocenters. The van der Waals surface area contributed by atoms with Crippen molar-refractivity contribution in [2.24, 2.45) is 4.99 Å². The number of rotatable bonds is 7. The van der Waals surface area contributed by atoms with Crippen LogP contribution < -0.4 is 4.72 Å². The molecule has 3 aliphatic rings. The molecule has 0 aromatic heterocycles. The van der Waals surface area contributed by atoms with Crippen LogP contribution in [0.15, 0.2) is 58.0 Å². The van der Waals surface area contributed by atoms with Crippen LogP contribution in [0, 0.1) is 0 Å². The zero-order valence-corrected chi connectivity index (χ0v) is 19.1. The molecule has 4 rings (SSSR count). The summed E-state index contributed by atoms with van der Waals surface area (Å²) in [5.41, 5.74) is 1.72. The number of nitrogens with one attached hydrogen (secondary N) is 1. The first-order chi connectivity index (χ1) is 15.6. The maximum atomic E-state index is 13.0. The lowest BCUT2D eigenvalue weighted by molar-refractivity contribution is -0.150. The Kier molecular flexibility index (Phi) is 7.42. The highest BCUT2D eigenvalue weighted by Crippen LogP contribution is 2.29. The Bertz CT molecular complexity index is 1010. The molecule has 1 fully saturated rings. The molecular formula is C24H31N3O4S. The molecule has 1 saturated heterocycles. The van der Waals surface area contributed by atoms with Crippen molar-refractivity contribution in [2.45, 2.75) is 51.0 Å². The molecular weight excluding hydrogens is 426 g/mol. The van der Waals surface area contributed by atoms with E-state index in [1.54, 1.807) is 6.08 Å². The van der Waals surface area contributed by atoms with Crippen LogP contribution in [0.3, 0.4) is 0 Å². The number of likely N-dealkylation sites (tertiary alicyclic amines) is 1. The van der Waals surface area contributed by atoms with Gasteiger partial charge in [0.1, 0.15) is 11.9 Å². The van der Waals surface area contributed by atoms with Crippen LogP contribution in [0.25, 0.3) is 0 Å². The predicted molar refractivity (Wildman–Crippen MR) is 125 cm³/mol. The van der Waals surface area contributed by atoms with Crippen LogP contribution in [0.1, 0.15) is 56.6 Å². The maximum absolute atomic E-state index is 13.0. The average Bonchev–Trinajstić information content (AvgIpc) is 2.94. The number of ether oxygens (including phenoxy) is 1. The van der Waals surface area contributed by atoms with E-state index in [-0.39, 0.29) is 18.6 Å². The van der Waals surface area contributed by atoms with Crippen molar-refractivity contribution in [1.29, 1.82) is 0 Å². The summed E-state index contributed by atoms with van der Waals surface area (Å²) in [4.78, 5) is 20.0. The fraction of sp³-hybridized carbons (Fsp3) is 0.500. The van der Waals surface area contributed by atoms with Crippen molar-refractivity contribution in [3.63, 3.8) is 0 Å². The van der Waals surface area contributed by atoms with Crippen molar-refractivity contribution in [2.75, 3.05) is 26.2 Å². The number of amidine groups is 1. The molecule has 1 N–H and O–H groups in total. The highest BCUT2D eigenvalue weighted by Gasteiger charge is 2.33. The fourth-order valence-corrected chi connectivity index (χ4v) is 5.84. The number of carbonyl (C=O) groups is 1. The van der Waals surface area contributed by atoms with Crippen LogP contribution in [-0.4, -0.2) is 51.4 Å². The van der Waals surface area contributed by atoms with Gasteiger partial charge in [-0.25, -0.2) is 13.2 Å². The maximum Gasteiger partial charge on any atom is 0.328 e. The number of hydrogen-bond donors (Lipinski definition) is 1. The van der Waals surface area contributed by atoms with Crippen LogP contribution in [0.4, 0.5) is 0 Å². The van der Waals surface area contributed by atoms with E-state index in [9.17, 15) is 13.2 Å². The molecule has 0 amide bonds. The number of nitrogens with zero attached hydrogens (tertiary/aromatic N) is 2. The fourth-order valence-electron chi connectivity index (χ4n) is 4.49. The number of sulfonamides is 1. The third kappa shape index (κ3) is 5.30. The molecule has 2 aliphatic heterocycles. The molecule has 32 heavy (non-hydrogen) atoms. The second-order valence-corrected chi connectivity index (χ2v) is 10.1. The predicted octanol–water partition coefficient (Wildman–Crippen LogP) is 3.47. The quantitative estimate of drug-likeness (QED) is 0.500. The molecule has 0 spiro atoms. The van der Waals surface area contributed by atoms with Gasteiger partial charge in [0.15, 0.2) is 0 Å². The van der Waals surface area contributed by atoms with Crippen molar-refractivity contribution >= 4 is 21.8 Å². The molecule has 0 bridgehead atoms. The highest BCUT2D eigenvalue weighted by molar-refractivity contribution is 7.94. The monoisotopic (exact) mass is 457 g/mol. The van der Waals surface area contributed by atoms with Gasteiger partial charge in [0.05, 0.1) is 11.5 Å². The Hall–Kier alpha value is -2.45. The van der Waals surface area contributed by atoms with Crippen LogP contribution in [0.2, 0.25) is 0 Å². The topological polar surface area (TPSA) is 88.1 Å². The van der Waals surface area contributed by atoms with E-state index in [1.807, 2.05) is 36.4 Å². The Morgan fingerprint density at radius 1 is 1.12 bits per heavy atom. The first-order valence-electron chi connectivity index (χ1n) is 11.5. The first-order valence-corrected chi connectivity index (χ1v) is 13.0. The van der Waals surface area contributed by atoms with Gasteiger partial charge in [0.2, 0.25) is 0 Å². The Labute approximate surface area is 190 Å². The van der Waals surface area contributed by atoms with Gasteiger partial charge in [-0.1, -0.05) is 49.2 Å². The lowest BCUT2D eigenvalue weighted by Gasteiger charge is -2.29. The largest absolute Gasteiger partial charge is 0.464 e. The summed E-state index contributed by atoms with van der Waals surface area (Å²) in [5.74, 6) is 0.206. The summed E-state index contributed by atoms with van der Waals surface area (Å²) in [6, 6.07) is 9.44. The molecule has 7 nitrogen and oxygen atoms in total. The smallest absolute Gasteiger partial charge is 0.328 e. The van der Waals surface area contributed by atoms with Gasteiger partial charge in [-0.15, -0.1) is 0 Å². The summed E-state index contributed by atoms with van der Waals surface area (Å²) < 4.78 is 32.6. The van der Waals surface area contributed by atoms with E-state index < -0.39 is 10.0 Å². The van der Waals surface area contributed by atoms with Gasteiger partial charge in [-0.3, -0.25) is 14.6 Å². The number of allylic oxidation sites excluding steroid dienone is 2. The lowest BCUT2D eigenvalue weighted by Crippen LogP contribution is -2.36. The molecule has 1 aromatic carbocycles. The van der Waals surface area contributed by atoms with Gasteiger partial charge in [-0.2, -0.15) is 0 Å². The molecule has 1 aromatic rings. The second kappa shape index (κ2) is 10.4. The number of aliphatic imine (C=N–C) groups is 1. The Morgan fingerprint density at radius 3 is 2.62 bits per heavy atom. The van der Waals surface area contributed by atoms with Crippen LogP contribution >= 0.6 is 0 Å². The van der Waals surface area contributed by atoms with Gasteiger partial charge in [0, 0.05) is 18.5 Å². The van der Waals surface area contributed by atoms with E-state index in [1.165, 1.54) is 12.8 Å². The van der Waals surface area contributed by atoms with Crippen LogP contribution in [0.5, 0.6) is 0 Å². The normalized spacial score (nSPS) is 22.8. The number of benzene rings is 1. The van der Waals surface area contributed by atoms with E-state index in [0.29, 0.717) is 30.1 Å². The number of hydrogen-bond acceptors (Lipinski definition) is 6. The molecule has 0 saturated carbocycles. The zero-order valence-electron chi connectivity index (χ0n) is 18.3. The van der Waals surface area contributed by atoms with E-state index in [2.05, 4.69) is 14.6 Å². The van der Waals surface area contributed by atoms with Gasteiger partial charge in [-0.05, 0) is 50.4 Å². The third-order valence-corrected chi connectivity index (χ3v) is 7.52. The standard InChI is InChI=1S/C24H31N3O4S/c28-24(22(19-11-4-3-5-12-19)27-16-8-1-2-9-17-27)31-18-10-15-25-23-20-13-6-7-14-21(20)32(29,30)26-23/h3-5,7,11-12,14,22H,1-2,6,8-10,13,15-18H2,(H,25,26). The van der Waals surface area contributed by atoms with E-state index in [0.717, 1.165) is 43.5 Å². The van der Waals surface area contributed by atoms with Crippen molar-refractivity contribution in [3.05, 3.63) is 58.5 Å². The summed E-state index contributed by atoms with van der Waals surface area (Å²) >= 11 is 0. The number of carbonyl (C=O) groups excluding carboxylic acids is 1. The zero-order chi connectivity index (χ0) is 22.4. The van der Waals surface area contributed by atoms with Crippen molar-refractivity contribution in [3.8, 4) is 0 Å². The minimum Gasteiger partial charge on any atom is -0.464 e. The minimum absolute atomic E-state index is 0.227. The summed E-state index contributed by atoms with van der Waals surface area (Å²) in [6.45, 7) is 2.44. The lowest BCUT2D eigenvalue weighted by atomic mass is 10.0. The third-order valence-electron chi connectivity index (χ3n) is 6.10. The van der Waals surface area contributed by atoms with Crippen LogP contribution in [-0.2, 0) is 19.6 Å². The SMILES string of the molecule is O=C(OCCCN=C1NS(=O)(=O)C2=C1CCC=C2)C(c1ccccc1)N1CCCCCC1. The minimum atomic E-state index is -3.49.